The van der Waals surface area contributed by atoms with Crippen molar-refractivity contribution in [3.05, 3.63) is 58.1 Å². The SMILES string of the molecule is Cc1ccc([N+](=O)[O-])c(OCC(=O)Nc2ccc(N(C)C)cc2)c1. The molecule has 7 heteroatoms. The Kier molecular flexibility index (Phi) is 5.36. The maximum atomic E-state index is 12.0. The highest BCUT2D eigenvalue weighted by atomic mass is 16.6. The minimum atomic E-state index is -0.535. The Labute approximate surface area is 140 Å². The van der Waals surface area contributed by atoms with Crippen molar-refractivity contribution in [2.24, 2.45) is 0 Å². The number of carbonyl (C=O) groups excluding carboxylic acids is 1. The van der Waals surface area contributed by atoms with Gasteiger partial charge in [-0.25, -0.2) is 0 Å². The summed E-state index contributed by atoms with van der Waals surface area (Å²) in [6, 6.07) is 11.8. The predicted octanol–water partition coefficient (Wildman–Crippen LogP) is 2.99. The molecular formula is C17H19N3O4. The highest BCUT2D eigenvalue weighted by molar-refractivity contribution is 5.92. The van der Waals surface area contributed by atoms with Crippen molar-refractivity contribution in [1.82, 2.24) is 0 Å². The van der Waals surface area contributed by atoms with Gasteiger partial charge in [-0.05, 0) is 42.8 Å². The average Bonchev–Trinajstić information content (AvgIpc) is 2.53. The fourth-order valence-corrected chi connectivity index (χ4v) is 2.07. The van der Waals surface area contributed by atoms with Crippen LogP contribution in [0.2, 0.25) is 0 Å². The van der Waals surface area contributed by atoms with Crippen LogP contribution < -0.4 is 15.0 Å². The first-order chi connectivity index (χ1) is 11.4. The normalized spacial score (nSPS) is 10.1. The van der Waals surface area contributed by atoms with Crippen molar-refractivity contribution in [3.8, 4) is 5.75 Å². The van der Waals surface area contributed by atoms with E-state index in [-0.39, 0.29) is 24.0 Å². The average molecular weight is 329 g/mol. The standard InChI is InChI=1S/C17H19N3O4/c1-12-4-9-15(20(22)23)16(10-12)24-11-17(21)18-13-5-7-14(8-6-13)19(2)3/h4-10H,11H2,1-3H3,(H,18,21). The molecule has 0 aliphatic heterocycles. The van der Waals surface area contributed by atoms with Crippen LogP contribution in [0.25, 0.3) is 0 Å². The minimum Gasteiger partial charge on any atom is -0.477 e. The lowest BCUT2D eigenvalue weighted by Gasteiger charge is -2.13. The van der Waals surface area contributed by atoms with Gasteiger partial charge in [0.1, 0.15) is 0 Å². The van der Waals surface area contributed by atoms with E-state index in [1.165, 1.54) is 12.1 Å². The van der Waals surface area contributed by atoms with Gasteiger partial charge in [0.25, 0.3) is 5.91 Å². The third-order valence-electron chi connectivity index (χ3n) is 3.34. The molecule has 2 rings (SSSR count). The summed E-state index contributed by atoms with van der Waals surface area (Å²) >= 11 is 0. The molecule has 0 atom stereocenters. The van der Waals surface area contributed by atoms with Crippen molar-refractivity contribution < 1.29 is 14.5 Å². The zero-order valence-corrected chi connectivity index (χ0v) is 13.8. The van der Waals surface area contributed by atoms with Gasteiger partial charge in [-0.1, -0.05) is 6.07 Å². The number of hydrogen-bond acceptors (Lipinski definition) is 5. The number of ether oxygens (including phenoxy) is 1. The summed E-state index contributed by atoms with van der Waals surface area (Å²) in [4.78, 5) is 24.3. The van der Waals surface area contributed by atoms with Gasteiger partial charge in [-0.2, -0.15) is 0 Å². The number of amides is 1. The Bertz CT molecular complexity index is 742. The number of nitrogens with one attached hydrogen (secondary N) is 1. The highest BCUT2D eigenvalue weighted by Crippen LogP contribution is 2.27. The van der Waals surface area contributed by atoms with Gasteiger partial charge >= 0.3 is 5.69 Å². The summed E-state index contributed by atoms with van der Waals surface area (Å²) in [5, 5.41) is 13.7. The molecule has 0 fully saturated rings. The molecule has 0 aliphatic carbocycles. The van der Waals surface area contributed by atoms with Crippen LogP contribution >= 0.6 is 0 Å². The van der Waals surface area contributed by atoms with E-state index in [2.05, 4.69) is 5.32 Å². The molecule has 1 N–H and O–H groups in total. The summed E-state index contributed by atoms with van der Waals surface area (Å²) < 4.78 is 5.31. The van der Waals surface area contributed by atoms with Crippen LogP contribution in [0.5, 0.6) is 5.75 Å². The molecule has 2 aromatic carbocycles. The fraction of sp³-hybridized carbons (Fsp3) is 0.235. The number of anilines is 2. The molecular weight excluding hydrogens is 310 g/mol. The van der Waals surface area contributed by atoms with E-state index in [0.717, 1.165) is 11.3 Å². The van der Waals surface area contributed by atoms with Crippen molar-refractivity contribution in [2.75, 3.05) is 30.9 Å². The molecule has 7 nitrogen and oxygen atoms in total. The lowest BCUT2D eigenvalue weighted by Crippen LogP contribution is -2.20. The van der Waals surface area contributed by atoms with Crippen LogP contribution in [-0.4, -0.2) is 31.5 Å². The van der Waals surface area contributed by atoms with Gasteiger partial charge in [0.15, 0.2) is 12.4 Å². The number of aryl methyl sites for hydroxylation is 1. The van der Waals surface area contributed by atoms with E-state index >= 15 is 0 Å². The number of rotatable bonds is 6. The van der Waals surface area contributed by atoms with E-state index in [4.69, 9.17) is 4.74 Å². The number of benzene rings is 2. The van der Waals surface area contributed by atoms with Gasteiger partial charge < -0.3 is 15.0 Å². The Hall–Kier alpha value is -3.09. The summed E-state index contributed by atoms with van der Waals surface area (Å²) in [5.74, 6) is -0.304. The molecule has 126 valence electrons. The van der Waals surface area contributed by atoms with Crippen LogP contribution in [0.15, 0.2) is 42.5 Å². The zero-order chi connectivity index (χ0) is 17.7. The van der Waals surface area contributed by atoms with Crippen LogP contribution in [-0.2, 0) is 4.79 Å². The van der Waals surface area contributed by atoms with E-state index in [1.807, 2.05) is 31.1 Å². The first-order valence-corrected chi connectivity index (χ1v) is 7.32. The van der Waals surface area contributed by atoms with Crippen molar-refractivity contribution >= 4 is 23.0 Å². The van der Waals surface area contributed by atoms with E-state index in [9.17, 15) is 14.9 Å². The van der Waals surface area contributed by atoms with Gasteiger partial charge in [0, 0.05) is 31.5 Å². The Balaban J connectivity index is 1.98. The molecule has 0 saturated carbocycles. The van der Waals surface area contributed by atoms with Crippen LogP contribution in [0.1, 0.15) is 5.56 Å². The van der Waals surface area contributed by atoms with E-state index in [1.54, 1.807) is 25.1 Å². The predicted molar refractivity (Wildman–Crippen MR) is 92.7 cm³/mol. The first-order valence-electron chi connectivity index (χ1n) is 7.32. The minimum absolute atomic E-state index is 0.0816. The smallest absolute Gasteiger partial charge is 0.310 e. The second-order valence-electron chi connectivity index (χ2n) is 5.51. The Morgan fingerprint density at radius 1 is 1.21 bits per heavy atom. The van der Waals surface area contributed by atoms with Gasteiger partial charge in [0.05, 0.1) is 4.92 Å². The molecule has 0 aliphatic rings. The third-order valence-corrected chi connectivity index (χ3v) is 3.34. The summed E-state index contributed by atoms with van der Waals surface area (Å²) in [7, 11) is 3.85. The highest BCUT2D eigenvalue weighted by Gasteiger charge is 2.16. The molecule has 0 spiro atoms. The molecule has 2 aromatic rings. The molecule has 0 saturated heterocycles. The summed E-state index contributed by atoms with van der Waals surface area (Å²) in [5.41, 5.74) is 2.30. The molecule has 0 radical (unpaired) electrons. The van der Waals surface area contributed by atoms with Crippen LogP contribution in [0.4, 0.5) is 17.1 Å². The van der Waals surface area contributed by atoms with Gasteiger partial charge in [0.2, 0.25) is 0 Å². The lowest BCUT2D eigenvalue weighted by molar-refractivity contribution is -0.385. The monoisotopic (exact) mass is 329 g/mol. The number of nitrogens with zero attached hydrogens (tertiary/aromatic N) is 2. The molecule has 0 heterocycles. The first kappa shape index (κ1) is 17.3. The zero-order valence-electron chi connectivity index (χ0n) is 13.8. The summed E-state index contributed by atoms with van der Waals surface area (Å²) in [6.07, 6.45) is 0. The Morgan fingerprint density at radius 3 is 2.46 bits per heavy atom. The molecule has 24 heavy (non-hydrogen) atoms. The number of hydrogen-bond donors (Lipinski definition) is 1. The van der Waals surface area contributed by atoms with E-state index < -0.39 is 4.92 Å². The third kappa shape index (κ3) is 4.45. The van der Waals surface area contributed by atoms with Crippen LogP contribution in [0.3, 0.4) is 0 Å². The maximum Gasteiger partial charge on any atom is 0.310 e. The molecule has 1 amide bonds. The Morgan fingerprint density at radius 2 is 1.88 bits per heavy atom. The van der Waals surface area contributed by atoms with Crippen molar-refractivity contribution in [3.63, 3.8) is 0 Å². The quantitative estimate of drug-likeness (QED) is 0.650. The second kappa shape index (κ2) is 7.45. The van der Waals surface area contributed by atoms with Gasteiger partial charge in [-0.3, -0.25) is 14.9 Å². The number of nitro benzene ring substituents is 1. The van der Waals surface area contributed by atoms with Crippen molar-refractivity contribution in [2.45, 2.75) is 6.92 Å². The van der Waals surface area contributed by atoms with Crippen molar-refractivity contribution in [1.29, 1.82) is 0 Å². The summed E-state index contributed by atoms with van der Waals surface area (Å²) in [6.45, 7) is 1.49. The number of nitro groups is 1. The van der Waals surface area contributed by atoms with Crippen LogP contribution in [0, 0.1) is 17.0 Å². The van der Waals surface area contributed by atoms with Gasteiger partial charge in [-0.15, -0.1) is 0 Å². The maximum absolute atomic E-state index is 12.0. The fourth-order valence-electron chi connectivity index (χ4n) is 2.07. The van der Waals surface area contributed by atoms with E-state index in [0.29, 0.717) is 5.69 Å². The molecule has 0 aromatic heterocycles. The topological polar surface area (TPSA) is 84.7 Å². The largest absolute Gasteiger partial charge is 0.477 e. The second-order valence-corrected chi connectivity index (χ2v) is 5.51. The lowest BCUT2D eigenvalue weighted by atomic mass is 10.2. The molecule has 0 unspecified atom stereocenters. The molecule has 0 bridgehead atoms. The number of carbonyl (C=O) groups is 1.